The number of rotatable bonds is 2. The number of hydrogen-bond acceptors (Lipinski definition) is 2. The molecule has 17 heavy (non-hydrogen) atoms. The molecule has 0 radical (unpaired) electrons. The summed E-state index contributed by atoms with van der Waals surface area (Å²) in [5.41, 5.74) is 6.58. The molecule has 2 aliphatic carbocycles. The Bertz CT molecular complexity index is 266. The summed E-state index contributed by atoms with van der Waals surface area (Å²) in [5.74, 6) is 2.82. The van der Waals surface area contributed by atoms with Crippen LogP contribution in [0.3, 0.4) is 0 Å². The summed E-state index contributed by atoms with van der Waals surface area (Å²) in [7, 11) is 0. The Balaban J connectivity index is 1.76. The first-order valence-electron chi connectivity index (χ1n) is 7.71. The van der Waals surface area contributed by atoms with Crippen molar-refractivity contribution < 1.29 is 0 Å². The molecule has 2 nitrogen and oxygen atoms in total. The summed E-state index contributed by atoms with van der Waals surface area (Å²) in [5, 5.41) is 0. The van der Waals surface area contributed by atoms with E-state index in [0.29, 0.717) is 5.54 Å². The van der Waals surface area contributed by atoms with Crippen LogP contribution in [-0.2, 0) is 0 Å². The summed E-state index contributed by atoms with van der Waals surface area (Å²) < 4.78 is 0. The van der Waals surface area contributed by atoms with Gasteiger partial charge in [0.2, 0.25) is 0 Å². The first-order valence-corrected chi connectivity index (χ1v) is 7.71. The van der Waals surface area contributed by atoms with Crippen molar-refractivity contribution in [3.05, 3.63) is 0 Å². The van der Waals surface area contributed by atoms with Gasteiger partial charge in [-0.05, 0) is 43.4 Å². The molecular weight excluding hydrogens is 208 g/mol. The van der Waals surface area contributed by atoms with Crippen molar-refractivity contribution in [1.29, 1.82) is 0 Å². The Morgan fingerprint density at radius 1 is 1.06 bits per heavy atom. The molecule has 3 aliphatic rings. The third-order valence-electron chi connectivity index (χ3n) is 6.12. The van der Waals surface area contributed by atoms with Gasteiger partial charge < -0.3 is 5.73 Å². The predicted octanol–water partition coefficient (Wildman–Crippen LogP) is 2.63. The van der Waals surface area contributed by atoms with Gasteiger partial charge in [0, 0.05) is 25.2 Å². The molecular formula is C15H28N2. The Labute approximate surface area is 106 Å². The molecule has 3 fully saturated rings. The fourth-order valence-electron chi connectivity index (χ4n) is 4.90. The molecule has 2 heteroatoms. The van der Waals surface area contributed by atoms with E-state index >= 15 is 0 Å². The first kappa shape index (κ1) is 12.0. The van der Waals surface area contributed by atoms with Crippen LogP contribution in [0.4, 0.5) is 0 Å². The van der Waals surface area contributed by atoms with Gasteiger partial charge in [-0.2, -0.15) is 0 Å². The predicted molar refractivity (Wildman–Crippen MR) is 71.8 cm³/mol. The molecule has 4 unspecified atom stereocenters. The van der Waals surface area contributed by atoms with Crippen LogP contribution in [0.2, 0.25) is 0 Å². The van der Waals surface area contributed by atoms with Crippen LogP contribution >= 0.6 is 0 Å². The van der Waals surface area contributed by atoms with E-state index in [1.165, 1.54) is 58.0 Å². The average molecular weight is 236 g/mol. The number of nitrogens with two attached hydrogens (primary N) is 1. The highest BCUT2D eigenvalue weighted by molar-refractivity contribution is 5.03. The van der Waals surface area contributed by atoms with Gasteiger partial charge in [-0.15, -0.1) is 0 Å². The van der Waals surface area contributed by atoms with Gasteiger partial charge in [-0.25, -0.2) is 0 Å². The zero-order chi connectivity index (χ0) is 11.9. The van der Waals surface area contributed by atoms with Gasteiger partial charge in [0.15, 0.2) is 0 Å². The highest BCUT2D eigenvalue weighted by Crippen LogP contribution is 2.45. The van der Waals surface area contributed by atoms with E-state index in [1.54, 1.807) is 0 Å². The Kier molecular flexibility index (Phi) is 3.20. The molecule has 98 valence electrons. The van der Waals surface area contributed by atoms with E-state index in [-0.39, 0.29) is 0 Å². The van der Waals surface area contributed by atoms with Crippen LogP contribution in [-0.4, -0.2) is 30.1 Å². The molecule has 1 saturated heterocycles. The summed E-state index contributed by atoms with van der Waals surface area (Å²) in [4.78, 5) is 2.81. The molecule has 2 N–H and O–H groups in total. The molecule has 0 aromatic heterocycles. The van der Waals surface area contributed by atoms with Gasteiger partial charge in [0.25, 0.3) is 0 Å². The number of fused-ring (bicyclic) bond motifs is 1. The molecule has 4 atom stereocenters. The van der Waals surface area contributed by atoms with Crippen molar-refractivity contribution in [2.75, 3.05) is 19.6 Å². The summed E-state index contributed by atoms with van der Waals surface area (Å²) >= 11 is 0. The molecule has 0 aromatic carbocycles. The summed E-state index contributed by atoms with van der Waals surface area (Å²) in [6.45, 7) is 6.03. The Morgan fingerprint density at radius 3 is 2.35 bits per heavy atom. The molecule has 1 heterocycles. The highest BCUT2D eigenvalue weighted by Gasteiger charge is 2.48. The van der Waals surface area contributed by atoms with Gasteiger partial charge in [0.1, 0.15) is 0 Å². The fourth-order valence-corrected chi connectivity index (χ4v) is 4.90. The maximum Gasteiger partial charge on any atom is 0.0357 e. The average Bonchev–Trinajstić information content (AvgIpc) is 2.90. The molecule has 3 rings (SSSR count). The highest BCUT2D eigenvalue weighted by atomic mass is 15.2. The standard InChI is InChI=1S/C15H28N2/c1-12-5-2-3-8-15(12,11-16)17-9-13-6-4-7-14(13)10-17/h12-14H,2-11,16H2,1H3. The van der Waals surface area contributed by atoms with E-state index < -0.39 is 0 Å². The molecule has 1 aliphatic heterocycles. The third kappa shape index (κ3) is 1.84. The van der Waals surface area contributed by atoms with Gasteiger partial charge >= 0.3 is 0 Å². The second-order valence-corrected chi connectivity index (χ2v) is 6.81. The van der Waals surface area contributed by atoms with E-state index in [0.717, 1.165) is 24.3 Å². The van der Waals surface area contributed by atoms with Crippen molar-refractivity contribution in [3.63, 3.8) is 0 Å². The minimum atomic E-state index is 0.364. The molecule has 2 saturated carbocycles. The first-order chi connectivity index (χ1) is 8.26. The maximum absolute atomic E-state index is 6.22. The van der Waals surface area contributed by atoms with Crippen LogP contribution in [0.5, 0.6) is 0 Å². The van der Waals surface area contributed by atoms with Crippen molar-refractivity contribution in [3.8, 4) is 0 Å². The lowest BCUT2D eigenvalue weighted by Crippen LogP contribution is -2.58. The lowest BCUT2D eigenvalue weighted by molar-refractivity contribution is 0.0256. The topological polar surface area (TPSA) is 29.3 Å². The van der Waals surface area contributed by atoms with Crippen LogP contribution < -0.4 is 5.73 Å². The minimum Gasteiger partial charge on any atom is -0.329 e. The second kappa shape index (κ2) is 4.55. The van der Waals surface area contributed by atoms with Crippen LogP contribution in [0, 0.1) is 17.8 Å². The maximum atomic E-state index is 6.22. The van der Waals surface area contributed by atoms with E-state index in [2.05, 4.69) is 11.8 Å². The molecule has 0 spiro atoms. The lowest BCUT2D eigenvalue weighted by Gasteiger charge is -2.49. The summed E-state index contributed by atoms with van der Waals surface area (Å²) in [6, 6.07) is 0. The van der Waals surface area contributed by atoms with Gasteiger partial charge in [-0.1, -0.05) is 26.2 Å². The number of likely N-dealkylation sites (tertiary alicyclic amines) is 1. The SMILES string of the molecule is CC1CCCCC1(CN)N1CC2CCCC2C1. The zero-order valence-electron chi connectivity index (χ0n) is 11.3. The molecule has 0 bridgehead atoms. The minimum absolute atomic E-state index is 0.364. The normalized spacial score (nSPS) is 47.3. The van der Waals surface area contributed by atoms with E-state index in [4.69, 9.17) is 5.73 Å². The van der Waals surface area contributed by atoms with Crippen molar-refractivity contribution in [2.24, 2.45) is 23.5 Å². The van der Waals surface area contributed by atoms with Crippen molar-refractivity contribution in [2.45, 2.75) is 57.4 Å². The number of hydrogen-bond donors (Lipinski definition) is 1. The van der Waals surface area contributed by atoms with E-state index in [9.17, 15) is 0 Å². The molecule has 0 aromatic rings. The smallest absolute Gasteiger partial charge is 0.0357 e. The lowest BCUT2D eigenvalue weighted by atomic mass is 9.72. The van der Waals surface area contributed by atoms with Crippen LogP contribution in [0.1, 0.15) is 51.9 Å². The van der Waals surface area contributed by atoms with Crippen molar-refractivity contribution in [1.82, 2.24) is 4.90 Å². The van der Waals surface area contributed by atoms with Crippen LogP contribution in [0.15, 0.2) is 0 Å². The third-order valence-corrected chi connectivity index (χ3v) is 6.12. The fraction of sp³-hybridized carbons (Fsp3) is 1.00. The zero-order valence-corrected chi connectivity index (χ0v) is 11.3. The monoisotopic (exact) mass is 236 g/mol. The van der Waals surface area contributed by atoms with Crippen molar-refractivity contribution >= 4 is 0 Å². The second-order valence-electron chi connectivity index (χ2n) is 6.81. The largest absolute Gasteiger partial charge is 0.329 e. The molecule has 0 amide bonds. The quantitative estimate of drug-likeness (QED) is 0.798. The number of nitrogens with zero attached hydrogens (tertiary/aromatic N) is 1. The van der Waals surface area contributed by atoms with Gasteiger partial charge in [0.05, 0.1) is 0 Å². The summed E-state index contributed by atoms with van der Waals surface area (Å²) in [6.07, 6.45) is 10.0. The van der Waals surface area contributed by atoms with Crippen LogP contribution in [0.25, 0.3) is 0 Å². The van der Waals surface area contributed by atoms with Gasteiger partial charge in [-0.3, -0.25) is 4.90 Å². The Hall–Kier alpha value is -0.0800. The van der Waals surface area contributed by atoms with E-state index in [1.807, 2.05) is 0 Å². The Morgan fingerprint density at radius 2 is 1.76 bits per heavy atom.